The topological polar surface area (TPSA) is 29.9 Å². The van der Waals surface area contributed by atoms with Gasteiger partial charge in [0.15, 0.2) is 0 Å². The molecular formula is C17H25N3. The van der Waals surface area contributed by atoms with Crippen LogP contribution >= 0.6 is 0 Å². The van der Waals surface area contributed by atoms with Crippen LogP contribution in [0.1, 0.15) is 41.0 Å². The minimum atomic E-state index is 0.304. The van der Waals surface area contributed by atoms with Crippen LogP contribution in [0, 0.1) is 20.8 Å². The molecule has 3 heteroatoms. The van der Waals surface area contributed by atoms with Crippen molar-refractivity contribution in [2.45, 2.75) is 46.7 Å². The van der Waals surface area contributed by atoms with Gasteiger partial charge in [0.1, 0.15) is 0 Å². The van der Waals surface area contributed by atoms with Gasteiger partial charge in [-0.25, -0.2) is 0 Å². The second-order valence-corrected chi connectivity index (χ2v) is 5.49. The Labute approximate surface area is 122 Å². The smallest absolute Gasteiger partial charge is 0.0597 e. The lowest BCUT2D eigenvalue weighted by Gasteiger charge is -2.18. The molecule has 1 unspecified atom stereocenters. The van der Waals surface area contributed by atoms with Crippen molar-refractivity contribution in [3.8, 4) is 0 Å². The second kappa shape index (κ2) is 6.23. The van der Waals surface area contributed by atoms with Gasteiger partial charge in [0.25, 0.3) is 0 Å². The number of rotatable bonds is 5. The van der Waals surface area contributed by atoms with Gasteiger partial charge in [-0.1, -0.05) is 18.2 Å². The first kappa shape index (κ1) is 14.8. The maximum atomic E-state index is 4.55. The molecule has 0 fully saturated rings. The number of aryl methyl sites for hydroxylation is 4. The predicted molar refractivity (Wildman–Crippen MR) is 84.1 cm³/mol. The van der Waals surface area contributed by atoms with Gasteiger partial charge in [0.2, 0.25) is 0 Å². The van der Waals surface area contributed by atoms with Crippen molar-refractivity contribution in [2.24, 2.45) is 0 Å². The van der Waals surface area contributed by atoms with Gasteiger partial charge < -0.3 is 5.32 Å². The SMILES string of the molecule is CCn1nc(C)cc1C(Cc1ccc(C)c(C)c1)NC. The fourth-order valence-electron chi connectivity index (χ4n) is 2.62. The highest BCUT2D eigenvalue weighted by Gasteiger charge is 2.16. The van der Waals surface area contributed by atoms with Gasteiger partial charge in [-0.2, -0.15) is 5.10 Å². The largest absolute Gasteiger partial charge is 0.311 e. The predicted octanol–water partition coefficient (Wildman–Crippen LogP) is 3.33. The third-order valence-corrected chi connectivity index (χ3v) is 3.95. The molecule has 108 valence electrons. The molecule has 0 saturated heterocycles. The average molecular weight is 271 g/mol. The first-order valence-electron chi connectivity index (χ1n) is 7.33. The van der Waals surface area contributed by atoms with Crippen LogP contribution in [0.4, 0.5) is 0 Å². The molecule has 1 N–H and O–H groups in total. The number of nitrogens with zero attached hydrogens (tertiary/aromatic N) is 2. The van der Waals surface area contributed by atoms with E-state index in [0.717, 1.165) is 18.7 Å². The van der Waals surface area contributed by atoms with Crippen molar-refractivity contribution < 1.29 is 0 Å². The van der Waals surface area contributed by atoms with Crippen LogP contribution in [-0.4, -0.2) is 16.8 Å². The number of nitrogens with one attached hydrogen (secondary N) is 1. The molecule has 0 spiro atoms. The number of benzene rings is 1. The summed E-state index contributed by atoms with van der Waals surface area (Å²) in [5, 5.41) is 7.98. The highest BCUT2D eigenvalue weighted by Crippen LogP contribution is 2.21. The second-order valence-electron chi connectivity index (χ2n) is 5.49. The number of hydrogen-bond acceptors (Lipinski definition) is 2. The maximum absolute atomic E-state index is 4.55. The molecule has 1 heterocycles. The van der Waals surface area contributed by atoms with E-state index in [1.807, 2.05) is 7.05 Å². The minimum Gasteiger partial charge on any atom is -0.311 e. The van der Waals surface area contributed by atoms with E-state index in [9.17, 15) is 0 Å². The number of hydrogen-bond donors (Lipinski definition) is 1. The summed E-state index contributed by atoms with van der Waals surface area (Å²) in [6.07, 6.45) is 0.989. The molecule has 0 radical (unpaired) electrons. The van der Waals surface area contributed by atoms with Gasteiger partial charge in [-0.15, -0.1) is 0 Å². The van der Waals surface area contributed by atoms with Gasteiger partial charge >= 0.3 is 0 Å². The van der Waals surface area contributed by atoms with Crippen molar-refractivity contribution in [1.29, 1.82) is 0 Å². The van der Waals surface area contributed by atoms with Gasteiger partial charge in [-0.3, -0.25) is 4.68 Å². The van der Waals surface area contributed by atoms with E-state index < -0.39 is 0 Å². The Hall–Kier alpha value is -1.61. The zero-order valence-electron chi connectivity index (χ0n) is 13.2. The Morgan fingerprint density at radius 1 is 1.15 bits per heavy atom. The lowest BCUT2D eigenvalue weighted by Crippen LogP contribution is -2.22. The molecule has 0 aliphatic heterocycles. The molecule has 0 amide bonds. The molecule has 1 aromatic heterocycles. The number of likely N-dealkylation sites (N-methyl/N-ethyl adjacent to an activating group) is 1. The van der Waals surface area contributed by atoms with Crippen LogP contribution in [0.25, 0.3) is 0 Å². The number of aromatic nitrogens is 2. The summed E-state index contributed by atoms with van der Waals surface area (Å²) in [6.45, 7) is 9.43. The monoisotopic (exact) mass is 271 g/mol. The Balaban J connectivity index is 2.26. The van der Waals surface area contributed by atoms with Crippen LogP contribution in [0.2, 0.25) is 0 Å². The highest BCUT2D eigenvalue weighted by molar-refractivity contribution is 5.31. The molecule has 0 bridgehead atoms. The summed E-state index contributed by atoms with van der Waals surface area (Å²) in [4.78, 5) is 0. The zero-order valence-corrected chi connectivity index (χ0v) is 13.2. The van der Waals surface area contributed by atoms with Gasteiger partial charge in [0, 0.05) is 6.54 Å². The zero-order chi connectivity index (χ0) is 14.7. The summed E-state index contributed by atoms with van der Waals surface area (Å²) in [5.41, 5.74) is 6.43. The lowest BCUT2D eigenvalue weighted by molar-refractivity contribution is 0.512. The van der Waals surface area contributed by atoms with E-state index in [2.05, 4.69) is 67.1 Å². The van der Waals surface area contributed by atoms with Crippen LogP contribution in [-0.2, 0) is 13.0 Å². The molecule has 1 aromatic carbocycles. The molecule has 0 aliphatic carbocycles. The minimum absolute atomic E-state index is 0.304. The summed E-state index contributed by atoms with van der Waals surface area (Å²) in [6, 6.07) is 9.22. The molecule has 3 nitrogen and oxygen atoms in total. The molecule has 2 aromatic rings. The summed E-state index contributed by atoms with van der Waals surface area (Å²) in [5.74, 6) is 0. The Kier molecular flexibility index (Phi) is 4.61. The van der Waals surface area contributed by atoms with Crippen molar-refractivity contribution >= 4 is 0 Å². The summed E-state index contributed by atoms with van der Waals surface area (Å²) < 4.78 is 2.09. The van der Waals surface area contributed by atoms with E-state index in [4.69, 9.17) is 0 Å². The fraction of sp³-hybridized carbons (Fsp3) is 0.471. The van der Waals surface area contributed by atoms with Crippen molar-refractivity contribution in [2.75, 3.05) is 7.05 Å². The Morgan fingerprint density at radius 2 is 1.90 bits per heavy atom. The van der Waals surface area contributed by atoms with E-state index in [1.54, 1.807) is 0 Å². The third-order valence-electron chi connectivity index (χ3n) is 3.95. The van der Waals surface area contributed by atoms with Gasteiger partial charge in [0.05, 0.1) is 17.4 Å². The average Bonchev–Trinajstić information content (AvgIpc) is 2.81. The normalized spacial score (nSPS) is 12.7. The van der Waals surface area contributed by atoms with E-state index in [-0.39, 0.29) is 0 Å². The summed E-state index contributed by atoms with van der Waals surface area (Å²) in [7, 11) is 2.02. The lowest BCUT2D eigenvalue weighted by atomic mass is 9.99. The Morgan fingerprint density at radius 3 is 2.50 bits per heavy atom. The van der Waals surface area contributed by atoms with Crippen LogP contribution < -0.4 is 5.32 Å². The van der Waals surface area contributed by atoms with Crippen LogP contribution in [0.3, 0.4) is 0 Å². The quantitative estimate of drug-likeness (QED) is 0.904. The standard InChI is InChI=1S/C17H25N3/c1-6-20-17(10-14(4)19-20)16(18-5)11-15-8-7-12(2)13(3)9-15/h7-10,16,18H,6,11H2,1-5H3. The van der Waals surface area contributed by atoms with Crippen LogP contribution in [0.5, 0.6) is 0 Å². The van der Waals surface area contributed by atoms with Crippen molar-refractivity contribution in [3.63, 3.8) is 0 Å². The maximum Gasteiger partial charge on any atom is 0.0597 e. The third kappa shape index (κ3) is 3.10. The molecular weight excluding hydrogens is 246 g/mol. The molecule has 0 aliphatic rings. The molecule has 2 rings (SSSR count). The van der Waals surface area contributed by atoms with Crippen molar-refractivity contribution in [3.05, 3.63) is 52.3 Å². The van der Waals surface area contributed by atoms with Crippen molar-refractivity contribution in [1.82, 2.24) is 15.1 Å². The highest BCUT2D eigenvalue weighted by atomic mass is 15.3. The van der Waals surface area contributed by atoms with E-state index in [0.29, 0.717) is 6.04 Å². The molecule has 0 saturated carbocycles. The fourth-order valence-corrected chi connectivity index (χ4v) is 2.62. The van der Waals surface area contributed by atoms with E-state index >= 15 is 0 Å². The van der Waals surface area contributed by atoms with Crippen LogP contribution in [0.15, 0.2) is 24.3 Å². The molecule has 20 heavy (non-hydrogen) atoms. The molecule has 1 atom stereocenters. The van der Waals surface area contributed by atoms with E-state index in [1.165, 1.54) is 22.4 Å². The first-order valence-corrected chi connectivity index (χ1v) is 7.33. The summed E-state index contributed by atoms with van der Waals surface area (Å²) >= 11 is 0. The Bertz CT molecular complexity index is 584. The first-order chi connectivity index (χ1) is 9.55. The van der Waals surface area contributed by atoms with Gasteiger partial charge in [-0.05, 0) is 63.9 Å².